The molecule has 8 heteroatoms. The first-order valence-electron chi connectivity index (χ1n) is 4.21. The summed E-state index contributed by atoms with van der Waals surface area (Å²) in [5.74, 6) is -0.0941. The lowest BCUT2D eigenvalue weighted by Gasteiger charge is -2.25. The maximum atomic E-state index is 10.5. The van der Waals surface area contributed by atoms with Crippen LogP contribution in [-0.2, 0) is 0 Å². The summed E-state index contributed by atoms with van der Waals surface area (Å²) in [4.78, 5) is 11.7. The molecule has 0 spiro atoms. The van der Waals surface area contributed by atoms with Crippen molar-refractivity contribution in [2.45, 2.75) is 0 Å². The van der Waals surface area contributed by atoms with Gasteiger partial charge in [0, 0.05) is 31.3 Å². The van der Waals surface area contributed by atoms with Gasteiger partial charge in [-0.05, 0) is 4.92 Å². The Morgan fingerprint density at radius 3 is 2.79 bits per heavy atom. The number of nitrogens with zero attached hydrogens (tertiary/aromatic N) is 4. The van der Waals surface area contributed by atoms with Gasteiger partial charge in [-0.1, -0.05) is 0 Å². The van der Waals surface area contributed by atoms with Gasteiger partial charge in [0.2, 0.25) is 0 Å². The first-order valence-corrected chi connectivity index (χ1v) is 4.21. The minimum Gasteiger partial charge on any atom is -0.358 e. The lowest BCUT2D eigenvalue weighted by Crippen LogP contribution is -2.43. The molecule has 0 aromatic carbocycles. The minimum atomic E-state index is -0.589. The predicted molar refractivity (Wildman–Crippen MR) is 46.0 cm³/mol. The fourth-order valence-electron chi connectivity index (χ4n) is 1.37. The van der Waals surface area contributed by atoms with Crippen molar-refractivity contribution < 1.29 is 9.55 Å². The Hall–Kier alpha value is -1.70. The van der Waals surface area contributed by atoms with Gasteiger partial charge in [-0.25, -0.2) is 0 Å². The van der Waals surface area contributed by atoms with E-state index in [0.717, 1.165) is 13.1 Å². The number of hydrogen-bond acceptors (Lipinski definition) is 7. The van der Waals surface area contributed by atoms with E-state index in [9.17, 15) is 10.1 Å². The molecule has 0 unspecified atom stereocenters. The molecule has 8 nitrogen and oxygen atoms in total. The highest BCUT2D eigenvalue weighted by atomic mass is 16.6. The SMILES string of the molecule is O=[N+]([O-])c1nonc1N1CCNCC1. The van der Waals surface area contributed by atoms with E-state index in [1.807, 2.05) is 0 Å². The Kier molecular flexibility index (Phi) is 2.27. The maximum absolute atomic E-state index is 10.5. The summed E-state index contributed by atoms with van der Waals surface area (Å²) in [6.45, 7) is 2.91. The Morgan fingerprint density at radius 2 is 2.14 bits per heavy atom. The van der Waals surface area contributed by atoms with Gasteiger partial charge >= 0.3 is 5.82 Å². The maximum Gasteiger partial charge on any atom is 0.458 e. The second-order valence-corrected chi connectivity index (χ2v) is 2.91. The minimum absolute atomic E-state index is 0.219. The predicted octanol–water partition coefficient (Wildman–Crippen LogP) is -0.613. The van der Waals surface area contributed by atoms with Gasteiger partial charge in [0.05, 0.1) is 0 Å². The van der Waals surface area contributed by atoms with Crippen molar-refractivity contribution in [1.82, 2.24) is 15.6 Å². The van der Waals surface area contributed by atoms with E-state index in [1.165, 1.54) is 0 Å². The number of rotatable bonds is 2. The smallest absolute Gasteiger partial charge is 0.358 e. The summed E-state index contributed by atoms with van der Waals surface area (Å²) in [5.41, 5.74) is 0. The number of nitro groups is 1. The van der Waals surface area contributed by atoms with Crippen molar-refractivity contribution in [3.8, 4) is 0 Å². The molecule has 0 aliphatic carbocycles. The molecule has 1 saturated heterocycles. The second kappa shape index (κ2) is 3.58. The fourth-order valence-corrected chi connectivity index (χ4v) is 1.37. The third-order valence-corrected chi connectivity index (χ3v) is 2.04. The number of aromatic nitrogens is 2. The lowest BCUT2D eigenvalue weighted by molar-refractivity contribution is -0.390. The van der Waals surface area contributed by atoms with Crippen molar-refractivity contribution in [2.75, 3.05) is 31.1 Å². The average Bonchev–Trinajstić information content (AvgIpc) is 2.67. The van der Waals surface area contributed by atoms with E-state index >= 15 is 0 Å². The van der Waals surface area contributed by atoms with Crippen molar-refractivity contribution in [2.24, 2.45) is 0 Å². The van der Waals surface area contributed by atoms with E-state index in [1.54, 1.807) is 4.90 Å². The van der Waals surface area contributed by atoms with E-state index in [-0.39, 0.29) is 11.6 Å². The molecule has 0 saturated carbocycles. The Bertz CT molecular complexity index is 332. The molecule has 1 aliphatic rings. The summed E-state index contributed by atoms with van der Waals surface area (Å²) in [6.07, 6.45) is 0. The van der Waals surface area contributed by atoms with Crippen LogP contribution in [0.1, 0.15) is 0 Å². The first-order chi connectivity index (χ1) is 6.79. The number of piperazine rings is 1. The van der Waals surface area contributed by atoms with Crippen LogP contribution in [0, 0.1) is 10.1 Å². The zero-order valence-electron chi connectivity index (χ0n) is 7.34. The van der Waals surface area contributed by atoms with E-state index < -0.39 is 4.92 Å². The normalized spacial score (nSPS) is 17.0. The zero-order chi connectivity index (χ0) is 9.97. The lowest BCUT2D eigenvalue weighted by atomic mass is 10.3. The van der Waals surface area contributed by atoms with Crippen LogP contribution in [0.25, 0.3) is 0 Å². The highest BCUT2D eigenvalue weighted by molar-refractivity contribution is 5.51. The van der Waals surface area contributed by atoms with Crippen molar-refractivity contribution in [1.29, 1.82) is 0 Å². The van der Waals surface area contributed by atoms with Gasteiger partial charge < -0.3 is 20.3 Å². The summed E-state index contributed by atoms with van der Waals surface area (Å²) in [5, 5.41) is 20.4. The van der Waals surface area contributed by atoms with Gasteiger partial charge in [0.1, 0.15) is 0 Å². The fraction of sp³-hybridized carbons (Fsp3) is 0.667. The summed E-state index contributed by atoms with van der Waals surface area (Å²) in [7, 11) is 0. The molecule has 0 amide bonds. The largest absolute Gasteiger partial charge is 0.458 e. The monoisotopic (exact) mass is 199 g/mol. The van der Waals surface area contributed by atoms with E-state index in [0.29, 0.717) is 13.1 Å². The number of anilines is 1. The molecule has 14 heavy (non-hydrogen) atoms. The van der Waals surface area contributed by atoms with E-state index in [2.05, 4.69) is 20.3 Å². The molecule has 2 heterocycles. The third-order valence-electron chi connectivity index (χ3n) is 2.04. The quantitative estimate of drug-likeness (QED) is 0.501. The molecule has 1 fully saturated rings. The molecule has 0 bridgehead atoms. The van der Waals surface area contributed by atoms with Crippen LogP contribution in [0.15, 0.2) is 4.63 Å². The molecule has 2 rings (SSSR count). The Morgan fingerprint density at radius 1 is 1.43 bits per heavy atom. The third kappa shape index (κ3) is 1.51. The molecule has 1 N–H and O–H groups in total. The molecule has 1 aromatic rings. The highest BCUT2D eigenvalue weighted by Crippen LogP contribution is 2.22. The summed E-state index contributed by atoms with van der Waals surface area (Å²) in [6, 6.07) is 0. The molecule has 0 radical (unpaired) electrons. The molecule has 1 aliphatic heterocycles. The van der Waals surface area contributed by atoms with Crippen LogP contribution in [-0.4, -0.2) is 41.4 Å². The van der Waals surface area contributed by atoms with Crippen LogP contribution in [0.5, 0.6) is 0 Å². The van der Waals surface area contributed by atoms with Crippen LogP contribution in [0.2, 0.25) is 0 Å². The topological polar surface area (TPSA) is 97.3 Å². The summed E-state index contributed by atoms with van der Waals surface area (Å²) >= 11 is 0. The Labute approximate surface area is 79.0 Å². The highest BCUT2D eigenvalue weighted by Gasteiger charge is 2.27. The second-order valence-electron chi connectivity index (χ2n) is 2.91. The molecule has 76 valence electrons. The van der Waals surface area contributed by atoms with Crippen LogP contribution >= 0.6 is 0 Å². The molecular formula is C6H9N5O3. The van der Waals surface area contributed by atoms with Crippen LogP contribution in [0.3, 0.4) is 0 Å². The van der Waals surface area contributed by atoms with Crippen molar-refractivity contribution in [3.05, 3.63) is 10.1 Å². The first kappa shape index (κ1) is 8.88. The molecule has 0 atom stereocenters. The number of nitrogens with one attached hydrogen (secondary N) is 1. The average molecular weight is 199 g/mol. The van der Waals surface area contributed by atoms with Gasteiger partial charge in [-0.15, -0.1) is 4.63 Å². The van der Waals surface area contributed by atoms with Crippen molar-refractivity contribution in [3.63, 3.8) is 0 Å². The van der Waals surface area contributed by atoms with Gasteiger partial charge in [-0.3, -0.25) is 0 Å². The van der Waals surface area contributed by atoms with Gasteiger partial charge in [-0.2, -0.15) is 0 Å². The Balaban J connectivity index is 2.21. The standard InChI is InChI=1S/C6H9N5O3/c12-11(13)6-5(8-14-9-6)10-3-1-7-2-4-10/h7H,1-4H2. The van der Waals surface area contributed by atoms with Crippen molar-refractivity contribution >= 4 is 11.6 Å². The van der Waals surface area contributed by atoms with Crippen LogP contribution < -0.4 is 10.2 Å². The van der Waals surface area contributed by atoms with Gasteiger partial charge in [0.15, 0.2) is 5.16 Å². The van der Waals surface area contributed by atoms with Crippen LogP contribution in [0.4, 0.5) is 11.6 Å². The molecular weight excluding hydrogens is 190 g/mol. The molecule has 1 aromatic heterocycles. The number of hydrogen-bond donors (Lipinski definition) is 1. The van der Waals surface area contributed by atoms with E-state index in [4.69, 9.17) is 0 Å². The summed E-state index contributed by atoms with van der Waals surface area (Å²) < 4.78 is 4.36. The zero-order valence-corrected chi connectivity index (χ0v) is 7.34. The van der Waals surface area contributed by atoms with Gasteiger partial charge in [0.25, 0.3) is 5.82 Å².